The Balaban J connectivity index is 1.95. The lowest BCUT2D eigenvalue weighted by Crippen LogP contribution is -2.30. The molecule has 0 aliphatic carbocycles. The predicted octanol–water partition coefficient (Wildman–Crippen LogP) is 0.959. The zero-order valence-corrected chi connectivity index (χ0v) is 14.9. The first-order chi connectivity index (χ1) is 11.9. The molecule has 0 aromatic heterocycles. The van der Waals surface area contributed by atoms with E-state index in [9.17, 15) is 18.0 Å². The molecule has 2 N–H and O–H groups in total. The van der Waals surface area contributed by atoms with Crippen LogP contribution in [0.15, 0.2) is 23.1 Å². The van der Waals surface area contributed by atoms with E-state index < -0.39 is 15.9 Å². The van der Waals surface area contributed by atoms with Gasteiger partial charge in [-0.2, -0.15) is 0 Å². The minimum absolute atomic E-state index is 0.0546. The third-order valence-electron chi connectivity index (χ3n) is 3.46. The van der Waals surface area contributed by atoms with Crippen molar-refractivity contribution < 1.29 is 27.5 Å². The lowest BCUT2D eigenvalue weighted by atomic mass is 10.2. The van der Waals surface area contributed by atoms with Crippen LogP contribution in [0.4, 0.5) is 0 Å². The average Bonchev–Trinajstić information content (AvgIpc) is 2.79. The van der Waals surface area contributed by atoms with Gasteiger partial charge < -0.3 is 14.8 Å². The zero-order chi connectivity index (χ0) is 18.3. The van der Waals surface area contributed by atoms with Crippen molar-refractivity contribution in [2.45, 2.75) is 37.5 Å². The number of hydrogen-bond donors (Lipinski definition) is 2. The van der Waals surface area contributed by atoms with E-state index in [0.29, 0.717) is 37.7 Å². The van der Waals surface area contributed by atoms with Crippen LogP contribution in [0.3, 0.4) is 0 Å². The van der Waals surface area contributed by atoms with Crippen LogP contribution in [0, 0.1) is 0 Å². The van der Waals surface area contributed by atoms with E-state index in [2.05, 4.69) is 5.32 Å². The summed E-state index contributed by atoms with van der Waals surface area (Å²) in [5.74, 6) is -0.00811. The number of rotatable bonds is 7. The summed E-state index contributed by atoms with van der Waals surface area (Å²) in [6.07, 6.45) is 1.10. The molecule has 9 heteroatoms. The topological polar surface area (TPSA) is 111 Å². The third kappa shape index (κ3) is 5.63. The Labute approximate surface area is 146 Å². The quantitative estimate of drug-likeness (QED) is 0.740. The van der Waals surface area contributed by atoms with Gasteiger partial charge in [-0.3, -0.25) is 9.59 Å². The van der Waals surface area contributed by atoms with Gasteiger partial charge in [0, 0.05) is 31.9 Å². The standard InChI is InChI=1S/C16H22N2O6S/c1-2-17-15(19)5-3-6-16(20)18-25(21,22)12-7-8-13-14(11-12)24-10-4-9-23-13/h7-8,11H,2-6,9-10H2,1H3,(H,17,19)(H,18,20). The second kappa shape index (κ2) is 8.70. The first-order valence-electron chi connectivity index (χ1n) is 8.14. The Morgan fingerprint density at radius 2 is 1.76 bits per heavy atom. The summed E-state index contributed by atoms with van der Waals surface area (Å²) in [7, 11) is -4.00. The number of hydrogen-bond acceptors (Lipinski definition) is 6. The van der Waals surface area contributed by atoms with E-state index in [-0.39, 0.29) is 30.1 Å². The second-order valence-electron chi connectivity index (χ2n) is 5.49. The summed E-state index contributed by atoms with van der Waals surface area (Å²) in [5.41, 5.74) is 0. The van der Waals surface area contributed by atoms with Gasteiger partial charge >= 0.3 is 0 Å². The highest BCUT2D eigenvalue weighted by atomic mass is 32.2. The van der Waals surface area contributed by atoms with Crippen molar-refractivity contribution in [2.24, 2.45) is 0 Å². The zero-order valence-electron chi connectivity index (χ0n) is 14.0. The van der Waals surface area contributed by atoms with E-state index in [1.165, 1.54) is 18.2 Å². The lowest BCUT2D eigenvalue weighted by molar-refractivity contribution is -0.121. The van der Waals surface area contributed by atoms with Crippen LogP contribution in [0.1, 0.15) is 32.6 Å². The van der Waals surface area contributed by atoms with Gasteiger partial charge in [0.05, 0.1) is 18.1 Å². The smallest absolute Gasteiger partial charge is 0.264 e. The fraction of sp³-hybridized carbons (Fsp3) is 0.500. The number of nitrogens with one attached hydrogen (secondary N) is 2. The first kappa shape index (κ1) is 19.0. The summed E-state index contributed by atoms with van der Waals surface area (Å²) in [5, 5.41) is 2.61. The van der Waals surface area contributed by atoms with E-state index >= 15 is 0 Å². The molecule has 0 fully saturated rings. The van der Waals surface area contributed by atoms with Gasteiger partial charge in [0.2, 0.25) is 11.8 Å². The van der Waals surface area contributed by atoms with Crippen LogP contribution in [-0.2, 0) is 19.6 Å². The van der Waals surface area contributed by atoms with Gasteiger partial charge in [-0.15, -0.1) is 0 Å². The molecule has 1 aromatic carbocycles. The average molecular weight is 370 g/mol. The molecule has 1 aliphatic heterocycles. The summed E-state index contributed by atoms with van der Waals surface area (Å²) in [6.45, 7) is 3.25. The molecule has 25 heavy (non-hydrogen) atoms. The molecule has 0 saturated carbocycles. The van der Waals surface area contributed by atoms with Crippen molar-refractivity contribution in [3.05, 3.63) is 18.2 Å². The maximum absolute atomic E-state index is 12.3. The molecule has 8 nitrogen and oxygen atoms in total. The molecule has 1 aliphatic rings. The Morgan fingerprint density at radius 1 is 1.08 bits per heavy atom. The van der Waals surface area contributed by atoms with Crippen LogP contribution in [-0.4, -0.2) is 40.0 Å². The van der Waals surface area contributed by atoms with E-state index in [4.69, 9.17) is 9.47 Å². The van der Waals surface area contributed by atoms with Crippen molar-refractivity contribution in [2.75, 3.05) is 19.8 Å². The predicted molar refractivity (Wildman–Crippen MR) is 89.9 cm³/mol. The maximum atomic E-state index is 12.3. The molecule has 1 heterocycles. The summed E-state index contributed by atoms with van der Waals surface area (Å²) >= 11 is 0. The Morgan fingerprint density at radius 3 is 2.48 bits per heavy atom. The van der Waals surface area contributed by atoms with Crippen molar-refractivity contribution in [3.8, 4) is 11.5 Å². The molecule has 0 spiro atoms. The van der Waals surface area contributed by atoms with Crippen molar-refractivity contribution in [1.29, 1.82) is 0 Å². The van der Waals surface area contributed by atoms with Crippen molar-refractivity contribution in [1.82, 2.24) is 10.0 Å². The maximum Gasteiger partial charge on any atom is 0.264 e. The number of benzene rings is 1. The second-order valence-corrected chi connectivity index (χ2v) is 7.18. The Hall–Kier alpha value is -2.29. The molecule has 0 atom stereocenters. The van der Waals surface area contributed by atoms with Crippen LogP contribution in [0.5, 0.6) is 11.5 Å². The van der Waals surface area contributed by atoms with Gasteiger partial charge in [0.15, 0.2) is 11.5 Å². The fourth-order valence-electron chi connectivity index (χ4n) is 2.27. The minimum Gasteiger partial charge on any atom is -0.490 e. The molecule has 2 rings (SSSR count). The third-order valence-corrected chi connectivity index (χ3v) is 4.83. The van der Waals surface area contributed by atoms with Crippen LogP contribution < -0.4 is 19.5 Å². The van der Waals surface area contributed by atoms with Crippen molar-refractivity contribution in [3.63, 3.8) is 0 Å². The number of ether oxygens (including phenoxy) is 2. The fourth-order valence-corrected chi connectivity index (χ4v) is 3.29. The van der Waals surface area contributed by atoms with Crippen LogP contribution in [0.2, 0.25) is 0 Å². The van der Waals surface area contributed by atoms with Gasteiger partial charge in [-0.1, -0.05) is 0 Å². The van der Waals surface area contributed by atoms with E-state index in [0.717, 1.165) is 0 Å². The van der Waals surface area contributed by atoms with Gasteiger partial charge in [-0.05, 0) is 25.5 Å². The number of carbonyl (C=O) groups excluding carboxylic acids is 2. The summed E-state index contributed by atoms with van der Waals surface area (Å²) < 4.78 is 37.5. The lowest BCUT2D eigenvalue weighted by Gasteiger charge is -2.11. The van der Waals surface area contributed by atoms with Gasteiger partial charge in [0.1, 0.15) is 0 Å². The molecular formula is C16H22N2O6S. The molecule has 0 unspecified atom stereocenters. The Bertz CT molecular complexity index is 732. The highest BCUT2D eigenvalue weighted by molar-refractivity contribution is 7.90. The minimum atomic E-state index is -4.00. The molecule has 0 radical (unpaired) electrons. The SMILES string of the molecule is CCNC(=O)CCCC(=O)NS(=O)(=O)c1ccc2c(c1)OCCCO2. The first-order valence-corrected chi connectivity index (χ1v) is 9.62. The van der Waals surface area contributed by atoms with Crippen LogP contribution >= 0.6 is 0 Å². The monoisotopic (exact) mass is 370 g/mol. The highest BCUT2D eigenvalue weighted by Crippen LogP contribution is 2.31. The largest absolute Gasteiger partial charge is 0.490 e. The van der Waals surface area contributed by atoms with Gasteiger partial charge in [-0.25, -0.2) is 13.1 Å². The van der Waals surface area contributed by atoms with Crippen molar-refractivity contribution >= 4 is 21.8 Å². The summed E-state index contributed by atoms with van der Waals surface area (Å²) in [6, 6.07) is 4.21. The summed E-state index contributed by atoms with van der Waals surface area (Å²) in [4.78, 5) is 23.1. The van der Waals surface area contributed by atoms with Gasteiger partial charge in [0.25, 0.3) is 10.0 Å². The van der Waals surface area contributed by atoms with E-state index in [1.807, 2.05) is 4.72 Å². The molecular weight excluding hydrogens is 348 g/mol. The normalized spacial score (nSPS) is 13.6. The molecule has 0 bridgehead atoms. The highest BCUT2D eigenvalue weighted by Gasteiger charge is 2.21. The molecule has 1 aromatic rings. The number of sulfonamides is 1. The number of fused-ring (bicyclic) bond motifs is 1. The molecule has 138 valence electrons. The molecule has 0 saturated heterocycles. The Kier molecular flexibility index (Phi) is 6.63. The number of amides is 2. The number of carbonyl (C=O) groups is 2. The molecule has 2 amide bonds. The van der Waals surface area contributed by atoms with E-state index in [1.54, 1.807) is 6.92 Å². The van der Waals surface area contributed by atoms with Crippen LogP contribution in [0.25, 0.3) is 0 Å².